The minimum atomic E-state index is -2.12. The zero-order valence-corrected chi connectivity index (χ0v) is 35.7. The van der Waals surface area contributed by atoms with Crippen LogP contribution in [0, 0.1) is 29.6 Å². The van der Waals surface area contributed by atoms with Crippen molar-refractivity contribution >= 4 is 30.7 Å². The molecule has 12 nitrogen and oxygen atoms in total. The predicted octanol–water partition coefficient (Wildman–Crippen LogP) is 6.04. The van der Waals surface area contributed by atoms with E-state index in [2.05, 4.69) is 30.8 Å². The standard InChI is InChI=1S/C44H70BN2O10/c1-10-14-32-20-26(2)19-27(3)21-37(55-8)39-38(56-9)23-29(5)44(52,45-39)41(49)42(50)47-18-12-11-17-35(47)43(51)57-40(30(6)36(48)25-34(32)46-53)28(4)22-31-15-13-16-33(24-31)54-7/h10,20,22,27,29-33,35-40,48,52-53H,1,11-19,21,23-25H2,2-9H3/b26-20+,28-22+,46-34-/t27-,29+,30+,31-,32+,33-,35-,36-,37-,38-,39+,40+,44-/m0/s1. The monoisotopic (exact) mass is 798 g/mol. The van der Waals surface area contributed by atoms with Crippen LogP contribution in [0.25, 0.3) is 0 Å². The molecule has 3 N–H and O–H groups in total. The van der Waals surface area contributed by atoms with Crippen LogP contribution in [0.15, 0.2) is 41.1 Å². The first-order valence-corrected chi connectivity index (χ1v) is 21.2. The number of nitrogens with zero attached hydrogens (tertiary/aromatic N) is 2. The number of amides is 1. The Labute approximate surface area is 341 Å². The average Bonchev–Trinajstić information content (AvgIpc) is 3.20. The Balaban J connectivity index is 1.80. The fourth-order valence-corrected chi connectivity index (χ4v) is 9.90. The number of esters is 1. The Morgan fingerprint density at radius 1 is 1.02 bits per heavy atom. The molecule has 0 aromatic heterocycles. The number of Topliss-reactive ketones (excluding diaryl/α,β-unsaturated/α-hetero) is 1. The molecule has 13 atom stereocenters. The largest absolute Gasteiger partial charge is 0.456 e. The Bertz CT molecular complexity index is 1480. The number of aliphatic hydroxyl groups is 2. The lowest BCUT2D eigenvalue weighted by molar-refractivity contribution is -0.167. The number of aliphatic hydroxyl groups excluding tert-OH is 1. The summed E-state index contributed by atoms with van der Waals surface area (Å²) in [5, 5.41) is 38.1. The molecular weight excluding hydrogens is 727 g/mol. The third-order valence-corrected chi connectivity index (χ3v) is 13.3. The van der Waals surface area contributed by atoms with Crippen molar-refractivity contribution in [2.75, 3.05) is 27.9 Å². The molecule has 319 valence electrons. The Hall–Kier alpha value is -2.84. The van der Waals surface area contributed by atoms with Gasteiger partial charge in [-0.15, -0.1) is 6.58 Å². The van der Waals surface area contributed by atoms with Crippen LogP contribution in [-0.2, 0) is 33.3 Å². The zero-order valence-electron chi connectivity index (χ0n) is 35.7. The number of rotatable bonds is 7. The summed E-state index contributed by atoms with van der Waals surface area (Å²) in [7, 11) is 6.47. The second kappa shape index (κ2) is 21.4. The summed E-state index contributed by atoms with van der Waals surface area (Å²) in [6, 6.07) is -1.06. The van der Waals surface area contributed by atoms with Gasteiger partial charge < -0.3 is 39.3 Å². The molecule has 3 aliphatic heterocycles. The molecule has 0 unspecified atom stereocenters. The quantitative estimate of drug-likeness (QED) is 0.0692. The number of ether oxygens (including phenoxy) is 4. The Morgan fingerprint density at radius 2 is 1.72 bits per heavy atom. The van der Waals surface area contributed by atoms with E-state index >= 15 is 0 Å². The molecule has 13 heteroatoms. The second-order valence-electron chi connectivity index (χ2n) is 17.6. The molecule has 4 aliphatic rings. The van der Waals surface area contributed by atoms with Crippen molar-refractivity contribution in [1.82, 2.24) is 4.90 Å². The summed E-state index contributed by atoms with van der Waals surface area (Å²) in [6.07, 6.45) is 10.6. The topological polar surface area (TPSA) is 164 Å². The minimum Gasteiger partial charge on any atom is -0.456 e. The summed E-state index contributed by atoms with van der Waals surface area (Å²) >= 11 is 0. The predicted molar refractivity (Wildman–Crippen MR) is 220 cm³/mol. The highest BCUT2D eigenvalue weighted by Crippen LogP contribution is 2.42. The lowest BCUT2D eigenvalue weighted by Crippen LogP contribution is -2.64. The number of carbonyl (C=O) groups excluding carboxylic acids is 3. The van der Waals surface area contributed by atoms with E-state index in [1.165, 1.54) is 4.90 Å². The highest BCUT2D eigenvalue weighted by atomic mass is 16.5. The van der Waals surface area contributed by atoms with Gasteiger partial charge in [-0.2, -0.15) is 0 Å². The molecular formula is C44H70BN2O10. The summed E-state index contributed by atoms with van der Waals surface area (Å²) in [4.78, 5) is 44.3. The third-order valence-electron chi connectivity index (χ3n) is 13.3. The molecule has 3 fully saturated rings. The van der Waals surface area contributed by atoms with Gasteiger partial charge in [0.05, 0.1) is 30.1 Å². The summed E-state index contributed by atoms with van der Waals surface area (Å²) in [5.41, 5.74) is 0.0840. The highest BCUT2D eigenvalue weighted by molar-refractivity contribution is 6.58. The fraction of sp³-hybridized carbons (Fsp3) is 0.773. The number of methoxy groups -OCH3 is 3. The van der Waals surface area contributed by atoms with Gasteiger partial charge in [0.2, 0.25) is 5.78 Å². The van der Waals surface area contributed by atoms with E-state index in [1.54, 1.807) is 41.6 Å². The van der Waals surface area contributed by atoms with Gasteiger partial charge >= 0.3 is 5.97 Å². The smallest absolute Gasteiger partial charge is 0.329 e. The fourth-order valence-electron chi connectivity index (χ4n) is 9.90. The number of hydrogen-bond donors (Lipinski definition) is 3. The van der Waals surface area contributed by atoms with Crippen LogP contribution in [0.5, 0.6) is 0 Å². The third kappa shape index (κ3) is 11.5. The first-order valence-electron chi connectivity index (χ1n) is 21.2. The number of ketones is 1. The number of fused-ring (bicyclic) bond motifs is 3. The maximum atomic E-state index is 14.4. The molecule has 2 saturated heterocycles. The molecule has 0 aromatic rings. The van der Waals surface area contributed by atoms with E-state index < -0.39 is 65.2 Å². The van der Waals surface area contributed by atoms with Crippen molar-refractivity contribution < 1.29 is 48.8 Å². The molecule has 1 aliphatic carbocycles. The molecule has 2 bridgehead atoms. The van der Waals surface area contributed by atoms with Crippen molar-refractivity contribution in [3.63, 3.8) is 0 Å². The van der Waals surface area contributed by atoms with Gasteiger partial charge in [-0.25, -0.2) is 4.79 Å². The van der Waals surface area contributed by atoms with Crippen LogP contribution >= 0.6 is 0 Å². The maximum absolute atomic E-state index is 14.4. The lowest BCUT2D eigenvalue weighted by Gasteiger charge is -2.47. The number of oxime groups is 1. The summed E-state index contributed by atoms with van der Waals surface area (Å²) < 4.78 is 24.0. The Kier molecular flexibility index (Phi) is 17.6. The normalized spacial score (nSPS) is 40.2. The minimum absolute atomic E-state index is 0.0208. The van der Waals surface area contributed by atoms with Crippen LogP contribution in [-0.4, -0.2) is 121 Å². The van der Waals surface area contributed by atoms with E-state index in [1.807, 2.05) is 20.8 Å². The van der Waals surface area contributed by atoms with E-state index in [4.69, 9.17) is 18.9 Å². The zero-order chi connectivity index (χ0) is 42.0. The van der Waals surface area contributed by atoms with Gasteiger partial charge in [0.25, 0.3) is 5.91 Å². The van der Waals surface area contributed by atoms with Crippen molar-refractivity contribution in [3.8, 4) is 0 Å². The van der Waals surface area contributed by atoms with Crippen LogP contribution in [0.3, 0.4) is 0 Å². The van der Waals surface area contributed by atoms with Gasteiger partial charge in [0.15, 0.2) is 7.28 Å². The molecule has 1 amide bonds. The molecule has 3 heterocycles. The molecule has 0 spiro atoms. The van der Waals surface area contributed by atoms with Crippen LogP contribution < -0.4 is 0 Å². The van der Waals surface area contributed by atoms with Crippen LogP contribution in [0.1, 0.15) is 112 Å². The molecule has 4 rings (SSSR count). The number of allylic oxidation sites excluding steroid dienone is 4. The van der Waals surface area contributed by atoms with Crippen LogP contribution in [0.2, 0.25) is 5.82 Å². The maximum Gasteiger partial charge on any atom is 0.329 e. The van der Waals surface area contributed by atoms with Gasteiger partial charge in [-0.05, 0) is 107 Å². The number of piperidine rings is 1. The Morgan fingerprint density at radius 3 is 2.37 bits per heavy atom. The number of carbonyl (C=O) groups is 3. The van der Waals surface area contributed by atoms with Gasteiger partial charge in [0.1, 0.15) is 17.6 Å². The molecule has 0 aromatic carbocycles. The SMILES string of the molecule is C=CC[C@@H]1/C=C(\C)C[C@H](C)C[C@H](OC)[C@H]2[B][C@@](O)(C(=O)C(=O)N3CCCC[C@H]3C(=O)O[C@H](/C(C)=C/[C@@H]3CCC[C@H](OC)C3)[C@H](C)[C@@H](O)C/C1=N/O)[C@H](C)C[C@@H]2OC. The average molecular weight is 798 g/mol. The highest BCUT2D eigenvalue weighted by Gasteiger charge is 2.55. The molecule has 1 saturated carbocycles. The first-order chi connectivity index (χ1) is 27.1. The molecule has 1 radical (unpaired) electrons. The van der Waals surface area contributed by atoms with Crippen LogP contribution in [0.4, 0.5) is 0 Å². The van der Waals surface area contributed by atoms with Crippen molar-refractivity contribution in [1.29, 1.82) is 0 Å². The van der Waals surface area contributed by atoms with E-state index in [-0.39, 0.29) is 49.3 Å². The summed E-state index contributed by atoms with van der Waals surface area (Å²) in [6.45, 7) is 13.7. The van der Waals surface area contributed by atoms with Crippen molar-refractivity contribution in [2.45, 2.75) is 160 Å². The van der Waals surface area contributed by atoms with Crippen molar-refractivity contribution in [2.24, 2.45) is 34.7 Å². The van der Waals surface area contributed by atoms with Crippen molar-refractivity contribution in [3.05, 3.63) is 36.0 Å². The van der Waals surface area contributed by atoms with Gasteiger partial charge in [-0.3, -0.25) is 9.59 Å². The number of hydrogen-bond acceptors (Lipinski definition) is 11. The van der Waals surface area contributed by atoms with Gasteiger partial charge in [-0.1, -0.05) is 56.1 Å². The van der Waals surface area contributed by atoms with E-state index in [9.17, 15) is 29.8 Å². The van der Waals surface area contributed by atoms with Gasteiger partial charge in [0, 0.05) is 46.1 Å². The van der Waals surface area contributed by atoms with E-state index in [0.29, 0.717) is 44.2 Å². The van der Waals surface area contributed by atoms with E-state index in [0.717, 1.165) is 36.8 Å². The summed E-state index contributed by atoms with van der Waals surface area (Å²) in [5.74, 6) is -4.44. The lowest BCUT2D eigenvalue weighted by atomic mass is 9.39. The molecule has 57 heavy (non-hydrogen) atoms. The second-order valence-corrected chi connectivity index (χ2v) is 17.6. The number of cyclic esters (lactones) is 1. The first kappa shape index (κ1) is 46.8.